The number of aromatic nitrogens is 2. The normalized spacial score (nSPS) is 10.3. The third-order valence-electron chi connectivity index (χ3n) is 2.50. The highest BCUT2D eigenvalue weighted by molar-refractivity contribution is 5.92. The van der Waals surface area contributed by atoms with E-state index in [4.69, 9.17) is 4.42 Å². The van der Waals surface area contributed by atoms with Gasteiger partial charge >= 0.3 is 0 Å². The van der Waals surface area contributed by atoms with Gasteiger partial charge in [0, 0.05) is 26.0 Å². The van der Waals surface area contributed by atoms with E-state index in [-0.39, 0.29) is 5.91 Å². The number of aryl methyl sites for hydroxylation is 1. The van der Waals surface area contributed by atoms with Crippen LogP contribution < -0.4 is 5.32 Å². The van der Waals surface area contributed by atoms with E-state index in [0.717, 1.165) is 11.4 Å². The molecule has 0 aromatic carbocycles. The molecular weight excluding hydrogens is 244 g/mol. The molecule has 0 fully saturated rings. The summed E-state index contributed by atoms with van der Waals surface area (Å²) in [4.78, 5) is 21.4. The van der Waals surface area contributed by atoms with Gasteiger partial charge in [0.15, 0.2) is 0 Å². The SMILES string of the molecule is Cc1cnc(CNc2ccnc(C(=O)N(C)C)c2)o1. The topological polar surface area (TPSA) is 71.3 Å². The largest absolute Gasteiger partial charge is 0.444 e. The number of rotatable bonds is 4. The zero-order chi connectivity index (χ0) is 13.8. The third-order valence-corrected chi connectivity index (χ3v) is 2.50. The van der Waals surface area contributed by atoms with Crippen LogP contribution in [0.3, 0.4) is 0 Å². The lowest BCUT2D eigenvalue weighted by Gasteiger charge is -2.10. The second-order valence-electron chi connectivity index (χ2n) is 4.35. The first-order chi connectivity index (χ1) is 9.06. The van der Waals surface area contributed by atoms with Gasteiger partial charge in [-0.2, -0.15) is 0 Å². The number of hydrogen-bond acceptors (Lipinski definition) is 5. The van der Waals surface area contributed by atoms with Crippen LogP contribution in [0.2, 0.25) is 0 Å². The summed E-state index contributed by atoms with van der Waals surface area (Å²) in [6.45, 7) is 2.31. The van der Waals surface area contributed by atoms with Gasteiger partial charge in [-0.1, -0.05) is 0 Å². The summed E-state index contributed by atoms with van der Waals surface area (Å²) in [5, 5.41) is 3.14. The molecule has 0 unspecified atom stereocenters. The quantitative estimate of drug-likeness (QED) is 0.905. The van der Waals surface area contributed by atoms with Crippen molar-refractivity contribution in [1.29, 1.82) is 0 Å². The van der Waals surface area contributed by atoms with Crippen LogP contribution in [-0.2, 0) is 6.54 Å². The summed E-state index contributed by atoms with van der Waals surface area (Å²) in [6, 6.07) is 3.50. The van der Waals surface area contributed by atoms with Gasteiger partial charge in [0.25, 0.3) is 5.91 Å². The van der Waals surface area contributed by atoms with Crippen LogP contribution >= 0.6 is 0 Å². The fraction of sp³-hybridized carbons (Fsp3) is 0.308. The van der Waals surface area contributed by atoms with Gasteiger partial charge in [-0.3, -0.25) is 9.78 Å². The zero-order valence-corrected chi connectivity index (χ0v) is 11.2. The van der Waals surface area contributed by atoms with Crippen molar-refractivity contribution in [3.63, 3.8) is 0 Å². The maximum absolute atomic E-state index is 11.8. The minimum absolute atomic E-state index is 0.129. The third kappa shape index (κ3) is 3.31. The Bertz CT molecular complexity index is 578. The van der Waals surface area contributed by atoms with Crippen LogP contribution in [-0.4, -0.2) is 34.9 Å². The molecule has 0 atom stereocenters. The first kappa shape index (κ1) is 13.1. The average molecular weight is 260 g/mol. The van der Waals surface area contributed by atoms with Gasteiger partial charge in [0.1, 0.15) is 11.5 Å². The molecule has 0 spiro atoms. The van der Waals surface area contributed by atoms with Gasteiger partial charge in [-0.25, -0.2) is 4.98 Å². The Morgan fingerprint density at radius 1 is 1.42 bits per heavy atom. The Morgan fingerprint density at radius 2 is 2.21 bits per heavy atom. The molecule has 1 N–H and O–H groups in total. The molecule has 2 heterocycles. The molecule has 6 nitrogen and oxygen atoms in total. The lowest BCUT2D eigenvalue weighted by atomic mass is 10.3. The van der Waals surface area contributed by atoms with E-state index in [0.29, 0.717) is 18.1 Å². The molecule has 19 heavy (non-hydrogen) atoms. The highest BCUT2D eigenvalue weighted by atomic mass is 16.4. The predicted octanol–water partition coefficient (Wildman–Crippen LogP) is 1.69. The molecule has 100 valence electrons. The Kier molecular flexibility index (Phi) is 3.79. The number of hydrogen-bond donors (Lipinski definition) is 1. The van der Waals surface area contributed by atoms with E-state index >= 15 is 0 Å². The van der Waals surface area contributed by atoms with Gasteiger partial charge in [-0.05, 0) is 19.1 Å². The van der Waals surface area contributed by atoms with E-state index in [9.17, 15) is 4.79 Å². The fourth-order valence-electron chi connectivity index (χ4n) is 1.55. The Morgan fingerprint density at radius 3 is 2.84 bits per heavy atom. The van der Waals surface area contributed by atoms with Crippen LogP contribution in [0.15, 0.2) is 28.9 Å². The number of pyridine rings is 1. The molecule has 2 rings (SSSR count). The molecule has 0 radical (unpaired) electrons. The molecule has 0 aliphatic carbocycles. The van der Waals surface area contributed by atoms with Crippen molar-refractivity contribution >= 4 is 11.6 Å². The van der Waals surface area contributed by atoms with Crippen molar-refractivity contribution in [3.05, 3.63) is 41.9 Å². The molecule has 2 aromatic rings. The summed E-state index contributed by atoms with van der Waals surface area (Å²) in [6.07, 6.45) is 3.27. The van der Waals surface area contributed by atoms with Crippen LogP contribution in [0.1, 0.15) is 22.1 Å². The van der Waals surface area contributed by atoms with Crippen molar-refractivity contribution in [3.8, 4) is 0 Å². The summed E-state index contributed by atoms with van der Waals surface area (Å²) in [7, 11) is 3.39. The van der Waals surface area contributed by atoms with Crippen molar-refractivity contribution in [1.82, 2.24) is 14.9 Å². The first-order valence-electron chi connectivity index (χ1n) is 5.89. The maximum Gasteiger partial charge on any atom is 0.272 e. The monoisotopic (exact) mass is 260 g/mol. The van der Waals surface area contributed by atoms with Crippen molar-refractivity contribution in [2.24, 2.45) is 0 Å². The lowest BCUT2D eigenvalue weighted by molar-refractivity contribution is 0.0822. The number of carbonyl (C=O) groups excluding carboxylic acids is 1. The van der Waals surface area contributed by atoms with Gasteiger partial charge in [-0.15, -0.1) is 0 Å². The minimum atomic E-state index is -0.129. The standard InChI is InChI=1S/C13H16N4O2/c1-9-7-16-12(19-9)8-15-10-4-5-14-11(6-10)13(18)17(2)3/h4-7H,8H2,1-3H3,(H,14,15). The Labute approximate surface area is 111 Å². The summed E-state index contributed by atoms with van der Waals surface area (Å²) >= 11 is 0. The average Bonchev–Trinajstić information content (AvgIpc) is 2.81. The van der Waals surface area contributed by atoms with E-state index in [2.05, 4.69) is 15.3 Å². The lowest BCUT2D eigenvalue weighted by Crippen LogP contribution is -2.22. The summed E-state index contributed by atoms with van der Waals surface area (Å²) in [5.74, 6) is 1.25. The maximum atomic E-state index is 11.8. The number of oxazole rings is 1. The number of anilines is 1. The van der Waals surface area contributed by atoms with Crippen molar-refractivity contribution < 1.29 is 9.21 Å². The summed E-state index contributed by atoms with van der Waals surface area (Å²) < 4.78 is 5.36. The molecule has 0 bridgehead atoms. The van der Waals surface area contributed by atoms with Crippen molar-refractivity contribution in [2.45, 2.75) is 13.5 Å². The zero-order valence-electron chi connectivity index (χ0n) is 11.2. The first-order valence-corrected chi connectivity index (χ1v) is 5.89. The Hall–Kier alpha value is -2.37. The van der Waals surface area contributed by atoms with E-state index in [1.165, 1.54) is 4.90 Å². The van der Waals surface area contributed by atoms with E-state index in [1.807, 2.05) is 6.92 Å². The minimum Gasteiger partial charge on any atom is -0.444 e. The molecule has 0 aliphatic rings. The Balaban J connectivity index is 2.05. The molecule has 2 aromatic heterocycles. The van der Waals surface area contributed by atoms with Crippen LogP contribution in [0.4, 0.5) is 5.69 Å². The van der Waals surface area contributed by atoms with E-state index < -0.39 is 0 Å². The molecule has 0 saturated carbocycles. The second kappa shape index (κ2) is 5.51. The number of nitrogens with one attached hydrogen (secondary N) is 1. The van der Waals surface area contributed by atoms with E-state index in [1.54, 1.807) is 38.6 Å². The fourth-order valence-corrected chi connectivity index (χ4v) is 1.55. The second-order valence-corrected chi connectivity index (χ2v) is 4.35. The molecule has 6 heteroatoms. The van der Waals surface area contributed by atoms with Gasteiger partial charge < -0.3 is 14.6 Å². The number of amides is 1. The number of nitrogens with zero attached hydrogens (tertiary/aromatic N) is 3. The summed E-state index contributed by atoms with van der Waals surface area (Å²) in [5.41, 5.74) is 1.20. The highest BCUT2D eigenvalue weighted by Gasteiger charge is 2.10. The molecule has 0 saturated heterocycles. The van der Waals surface area contributed by atoms with Gasteiger partial charge in [0.05, 0.1) is 12.7 Å². The van der Waals surface area contributed by atoms with Crippen molar-refractivity contribution in [2.75, 3.05) is 19.4 Å². The highest BCUT2D eigenvalue weighted by Crippen LogP contribution is 2.11. The molecular formula is C13H16N4O2. The molecule has 0 aliphatic heterocycles. The smallest absolute Gasteiger partial charge is 0.272 e. The van der Waals surface area contributed by atoms with Crippen LogP contribution in [0.25, 0.3) is 0 Å². The van der Waals surface area contributed by atoms with Crippen LogP contribution in [0, 0.1) is 6.92 Å². The molecule has 1 amide bonds. The van der Waals surface area contributed by atoms with Gasteiger partial charge in [0.2, 0.25) is 5.89 Å². The van der Waals surface area contributed by atoms with Crippen LogP contribution in [0.5, 0.6) is 0 Å². The number of carbonyl (C=O) groups is 1. The predicted molar refractivity (Wildman–Crippen MR) is 70.8 cm³/mol.